The van der Waals surface area contributed by atoms with Crippen LogP contribution in [0.25, 0.3) is 0 Å². The first-order chi connectivity index (χ1) is 12.5. The maximum absolute atomic E-state index is 13.2. The molecule has 1 amide bonds. The summed E-state index contributed by atoms with van der Waals surface area (Å²) in [6, 6.07) is 14.7. The Kier molecular flexibility index (Phi) is 5.14. The van der Waals surface area contributed by atoms with Gasteiger partial charge in [-0.1, -0.05) is 6.07 Å². The van der Waals surface area contributed by atoms with Gasteiger partial charge < -0.3 is 16.0 Å². The highest BCUT2D eigenvalue weighted by Crippen LogP contribution is 2.26. The highest BCUT2D eigenvalue weighted by atomic mass is 31.0. The number of pyridine rings is 1. The average molecular weight is 368 g/mol. The molecule has 3 N–H and O–H groups in total. The molecule has 0 aliphatic heterocycles. The second-order valence-corrected chi connectivity index (χ2v) is 6.38. The molecule has 5 nitrogen and oxygen atoms in total. The fraction of sp³-hybridized carbons (Fsp3) is 0.0526. The molecule has 1 atom stereocenters. The number of amides is 1. The van der Waals surface area contributed by atoms with Crippen molar-refractivity contribution in [1.29, 1.82) is 0 Å². The Morgan fingerprint density at radius 3 is 2.65 bits per heavy atom. The zero-order valence-corrected chi connectivity index (χ0v) is 15.3. The Labute approximate surface area is 153 Å². The van der Waals surface area contributed by atoms with E-state index in [4.69, 9.17) is 5.73 Å². The predicted molar refractivity (Wildman–Crippen MR) is 107 cm³/mol. The normalized spacial score (nSPS) is 10.4. The van der Waals surface area contributed by atoms with Crippen molar-refractivity contribution < 1.29 is 9.18 Å². The molecular formula is C19H18FN4OP. The molecule has 0 fully saturated rings. The van der Waals surface area contributed by atoms with E-state index >= 15 is 0 Å². The molecule has 26 heavy (non-hydrogen) atoms. The molecule has 0 saturated carbocycles. The van der Waals surface area contributed by atoms with Gasteiger partial charge in [-0.25, -0.2) is 9.37 Å². The van der Waals surface area contributed by atoms with E-state index < -0.39 is 0 Å². The van der Waals surface area contributed by atoms with Crippen LogP contribution in [0.3, 0.4) is 0 Å². The molecule has 1 aromatic heterocycles. The van der Waals surface area contributed by atoms with Crippen molar-refractivity contribution in [2.45, 2.75) is 0 Å². The van der Waals surface area contributed by atoms with Crippen LogP contribution in [0.4, 0.5) is 27.3 Å². The quantitative estimate of drug-likeness (QED) is 0.547. The molecule has 3 rings (SSSR count). The number of halogens is 1. The van der Waals surface area contributed by atoms with Crippen molar-refractivity contribution in [3.05, 3.63) is 72.2 Å². The third-order valence-electron chi connectivity index (χ3n) is 3.89. The highest BCUT2D eigenvalue weighted by molar-refractivity contribution is 7.27. The number of rotatable bonds is 4. The fourth-order valence-electron chi connectivity index (χ4n) is 2.50. The Morgan fingerprint density at radius 1 is 1.19 bits per heavy atom. The minimum absolute atomic E-state index is 0.325. The Hall–Kier alpha value is -2.98. The lowest BCUT2D eigenvalue weighted by Crippen LogP contribution is -2.20. The lowest BCUT2D eigenvalue weighted by molar-refractivity contribution is 0.102. The Morgan fingerprint density at radius 2 is 1.92 bits per heavy atom. The maximum atomic E-state index is 13.2. The molecule has 2 aromatic carbocycles. The van der Waals surface area contributed by atoms with E-state index in [0.29, 0.717) is 28.4 Å². The molecule has 0 spiro atoms. The van der Waals surface area contributed by atoms with Gasteiger partial charge in [0, 0.05) is 18.9 Å². The first kappa shape index (κ1) is 17.8. The Bertz CT molecular complexity index is 947. The molecular weight excluding hydrogens is 350 g/mol. The third-order valence-corrected chi connectivity index (χ3v) is 4.25. The van der Waals surface area contributed by atoms with E-state index in [2.05, 4.69) is 19.5 Å². The van der Waals surface area contributed by atoms with E-state index in [-0.39, 0.29) is 11.7 Å². The largest absolute Gasteiger partial charge is 0.397 e. The number of hydrogen-bond acceptors (Lipinski definition) is 4. The Balaban J connectivity index is 1.92. The molecule has 1 unspecified atom stereocenters. The zero-order chi connectivity index (χ0) is 18.7. The van der Waals surface area contributed by atoms with Crippen LogP contribution in [0.1, 0.15) is 10.4 Å². The summed E-state index contributed by atoms with van der Waals surface area (Å²) in [4.78, 5) is 18.8. The number of hydrogen-bond donors (Lipinski definition) is 2. The summed E-state index contributed by atoms with van der Waals surface area (Å²) in [7, 11) is 4.33. The fourth-order valence-corrected chi connectivity index (χ4v) is 2.76. The molecule has 1 heterocycles. The molecule has 0 aliphatic carbocycles. The number of carbonyl (C=O) groups is 1. The van der Waals surface area contributed by atoms with Gasteiger partial charge in [-0.15, -0.1) is 9.24 Å². The SMILES string of the molecule is CN(c1ccc(F)cc1)c1ncccc1C(=O)Nc1cc(P)ccc1N. The predicted octanol–water partition coefficient (Wildman–Crippen LogP) is 3.32. The van der Waals surface area contributed by atoms with E-state index in [1.165, 1.54) is 12.1 Å². The number of nitrogens with zero attached hydrogens (tertiary/aromatic N) is 2. The van der Waals surface area contributed by atoms with Gasteiger partial charge in [0.15, 0.2) is 0 Å². The summed E-state index contributed by atoms with van der Waals surface area (Å²) in [6.07, 6.45) is 1.60. The molecule has 0 radical (unpaired) electrons. The monoisotopic (exact) mass is 368 g/mol. The van der Waals surface area contributed by atoms with Crippen LogP contribution in [0.5, 0.6) is 0 Å². The van der Waals surface area contributed by atoms with Gasteiger partial charge in [0.2, 0.25) is 0 Å². The summed E-state index contributed by atoms with van der Waals surface area (Å²) in [6.45, 7) is 0. The molecule has 3 aromatic rings. The van der Waals surface area contributed by atoms with E-state index in [0.717, 1.165) is 5.30 Å². The summed E-state index contributed by atoms with van der Waals surface area (Å²) >= 11 is 0. The van der Waals surface area contributed by atoms with Gasteiger partial charge in [0.25, 0.3) is 5.91 Å². The number of nitrogen functional groups attached to an aromatic ring is 1. The van der Waals surface area contributed by atoms with Gasteiger partial charge in [0.1, 0.15) is 11.6 Å². The average Bonchev–Trinajstić information content (AvgIpc) is 2.64. The van der Waals surface area contributed by atoms with Crippen LogP contribution in [0, 0.1) is 5.82 Å². The number of anilines is 4. The zero-order valence-electron chi connectivity index (χ0n) is 14.1. The summed E-state index contributed by atoms with van der Waals surface area (Å²) in [5.74, 6) is -0.199. The van der Waals surface area contributed by atoms with E-state index in [1.807, 2.05) is 6.07 Å². The third kappa shape index (κ3) is 3.81. The van der Waals surface area contributed by atoms with Crippen molar-refractivity contribution >= 4 is 43.3 Å². The summed E-state index contributed by atoms with van der Waals surface area (Å²) in [5, 5.41) is 3.73. The molecule has 0 bridgehead atoms. The van der Waals surface area contributed by atoms with Crippen LogP contribution >= 0.6 is 9.24 Å². The number of benzene rings is 2. The van der Waals surface area contributed by atoms with Gasteiger partial charge in [-0.2, -0.15) is 0 Å². The van der Waals surface area contributed by atoms with Crippen molar-refractivity contribution in [3.63, 3.8) is 0 Å². The number of carbonyl (C=O) groups excluding carboxylic acids is 1. The van der Waals surface area contributed by atoms with Gasteiger partial charge >= 0.3 is 0 Å². The van der Waals surface area contributed by atoms with E-state index in [9.17, 15) is 9.18 Å². The van der Waals surface area contributed by atoms with Crippen molar-refractivity contribution in [2.24, 2.45) is 0 Å². The summed E-state index contributed by atoms with van der Waals surface area (Å²) < 4.78 is 13.2. The minimum atomic E-state index is -0.329. The first-order valence-corrected chi connectivity index (χ1v) is 8.44. The summed E-state index contributed by atoms with van der Waals surface area (Å²) in [5.41, 5.74) is 8.03. The van der Waals surface area contributed by atoms with Crippen LogP contribution in [-0.4, -0.2) is 17.9 Å². The molecule has 7 heteroatoms. The van der Waals surface area contributed by atoms with Crippen molar-refractivity contribution in [2.75, 3.05) is 23.0 Å². The molecule has 132 valence electrons. The maximum Gasteiger partial charge on any atom is 0.259 e. The highest BCUT2D eigenvalue weighted by Gasteiger charge is 2.17. The number of nitrogens with one attached hydrogen (secondary N) is 1. The number of aromatic nitrogens is 1. The standard InChI is InChI=1S/C19H18FN4OP/c1-24(13-6-4-12(20)5-7-13)18-15(3-2-10-22-18)19(25)23-17-11-14(26)8-9-16(17)21/h2-11H,21,26H2,1H3,(H,23,25). The second kappa shape index (κ2) is 7.50. The van der Waals surface area contributed by atoms with Crippen LogP contribution in [0.15, 0.2) is 60.8 Å². The number of nitrogens with two attached hydrogens (primary N) is 1. The first-order valence-electron chi connectivity index (χ1n) is 7.86. The van der Waals surface area contributed by atoms with Gasteiger partial charge in [0.05, 0.1) is 16.9 Å². The van der Waals surface area contributed by atoms with Crippen LogP contribution in [0.2, 0.25) is 0 Å². The second-order valence-electron chi connectivity index (χ2n) is 5.71. The van der Waals surface area contributed by atoms with Crippen LogP contribution in [-0.2, 0) is 0 Å². The lowest BCUT2D eigenvalue weighted by Gasteiger charge is -2.21. The van der Waals surface area contributed by atoms with Gasteiger partial charge in [-0.3, -0.25) is 4.79 Å². The van der Waals surface area contributed by atoms with Crippen molar-refractivity contribution in [3.8, 4) is 0 Å². The topological polar surface area (TPSA) is 71.2 Å². The van der Waals surface area contributed by atoms with E-state index in [1.54, 1.807) is 54.5 Å². The molecule has 0 saturated heterocycles. The smallest absolute Gasteiger partial charge is 0.259 e. The van der Waals surface area contributed by atoms with Gasteiger partial charge in [-0.05, 0) is 53.8 Å². The molecule has 0 aliphatic rings. The van der Waals surface area contributed by atoms with Crippen molar-refractivity contribution in [1.82, 2.24) is 4.98 Å². The lowest BCUT2D eigenvalue weighted by atomic mass is 10.2. The minimum Gasteiger partial charge on any atom is -0.397 e. The van der Waals surface area contributed by atoms with Crippen LogP contribution < -0.4 is 21.3 Å².